The van der Waals surface area contributed by atoms with E-state index in [9.17, 15) is 34.2 Å². The van der Waals surface area contributed by atoms with Crippen LogP contribution in [0.4, 0.5) is 0 Å². The Morgan fingerprint density at radius 3 is 2.26 bits per heavy atom. The molecule has 1 saturated heterocycles. The van der Waals surface area contributed by atoms with Gasteiger partial charge in [0.2, 0.25) is 17.7 Å². The third kappa shape index (κ3) is 7.08. The number of nitrogens with two attached hydrogens (primary N) is 2. The van der Waals surface area contributed by atoms with Gasteiger partial charge in [-0.05, 0) is 13.3 Å². The average Bonchev–Trinajstić information content (AvgIpc) is 2.79. The minimum atomic E-state index is -2.00. The van der Waals surface area contributed by atoms with E-state index in [1.807, 2.05) is 0 Å². The number of ether oxygens (including phenoxy) is 2. The fourth-order valence-corrected chi connectivity index (χ4v) is 3.83. The highest BCUT2D eigenvalue weighted by Gasteiger charge is 2.57. The summed E-state index contributed by atoms with van der Waals surface area (Å²) >= 11 is 0. The predicted molar refractivity (Wildman–Crippen MR) is 117 cm³/mol. The fraction of sp³-hybridized carbons (Fsp3) is 0.750. The summed E-state index contributed by atoms with van der Waals surface area (Å²) in [6.07, 6.45) is -6.71. The van der Waals surface area contributed by atoms with Gasteiger partial charge in [-0.3, -0.25) is 19.2 Å². The molecule has 0 saturated carbocycles. The monoisotopic (exact) mass is 506 g/mol. The number of hydrogen-bond donors (Lipinski definition) is 7. The molecule has 0 radical (unpaired) electrons. The summed E-state index contributed by atoms with van der Waals surface area (Å²) in [5.41, 5.74) is 9.55. The molecule has 7 atom stereocenters. The van der Waals surface area contributed by atoms with Crippen LogP contribution in [0.3, 0.4) is 0 Å². The Balaban J connectivity index is 3.47. The SMILES string of the molecule is CCC(=O)N(C)[C@@](C)(C(=O)N[C@@H](CCC(=O)O)C(N)=O)C1O[C@H](CO)[C@@H](O)[C@H](OCC(=O)O)[C@H]1N. The lowest BCUT2D eigenvalue weighted by molar-refractivity contribution is -0.228. The van der Waals surface area contributed by atoms with E-state index in [-0.39, 0.29) is 12.8 Å². The van der Waals surface area contributed by atoms with Crippen molar-refractivity contribution >= 4 is 29.7 Å². The maximum absolute atomic E-state index is 13.5. The largest absolute Gasteiger partial charge is 0.481 e. The van der Waals surface area contributed by atoms with Gasteiger partial charge in [0.15, 0.2) is 0 Å². The number of primary amides is 1. The third-order valence-electron chi connectivity index (χ3n) is 6.03. The number of carboxylic acids is 2. The molecule has 1 fully saturated rings. The highest BCUT2D eigenvalue weighted by Crippen LogP contribution is 2.33. The van der Waals surface area contributed by atoms with Gasteiger partial charge in [0, 0.05) is 19.9 Å². The molecule has 0 spiro atoms. The van der Waals surface area contributed by atoms with E-state index in [0.29, 0.717) is 0 Å². The molecule has 0 aromatic heterocycles. The lowest BCUT2D eigenvalue weighted by atomic mass is 9.80. The van der Waals surface area contributed by atoms with E-state index < -0.39 is 91.3 Å². The van der Waals surface area contributed by atoms with E-state index in [1.54, 1.807) is 0 Å². The van der Waals surface area contributed by atoms with Gasteiger partial charge in [-0.1, -0.05) is 6.92 Å². The number of nitrogens with one attached hydrogen (secondary N) is 1. The Bertz CT molecular complexity index is 810. The van der Waals surface area contributed by atoms with Gasteiger partial charge in [0.1, 0.15) is 42.6 Å². The predicted octanol–water partition coefficient (Wildman–Crippen LogP) is -3.63. The van der Waals surface area contributed by atoms with Crippen LogP contribution in [0.1, 0.15) is 33.1 Å². The summed E-state index contributed by atoms with van der Waals surface area (Å²) in [5, 5.41) is 40.4. The molecule has 0 bridgehead atoms. The number of rotatable bonds is 13. The first-order valence-corrected chi connectivity index (χ1v) is 10.8. The Morgan fingerprint density at radius 2 is 1.80 bits per heavy atom. The molecule has 15 heteroatoms. The topological polar surface area (TPSA) is 252 Å². The molecule has 0 aliphatic carbocycles. The van der Waals surface area contributed by atoms with Gasteiger partial charge in [-0.25, -0.2) is 4.79 Å². The Kier molecular flexibility index (Phi) is 11.0. The molecule has 3 amide bonds. The van der Waals surface area contributed by atoms with Crippen molar-refractivity contribution in [2.24, 2.45) is 11.5 Å². The Morgan fingerprint density at radius 1 is 1.20 bits per heavy atom. The minimum Gasteiger partial charge on any atom is -0.481 e. The van der Waals surface area contributed by atoms with Gasteiger partial charge in [-0.15, -0.1) is 0 Å². The number of hydrogen-bond acceptors (Lipinski definition) is 10. The molecule has 1 heterocycles. The second-order valence-electron chi connectivity index (χ2n) is 8.33. The second-order valence-corrected chi connectivity index (χ2v) is 8.33. The van der Waals surface area contributed by atoms with Crippen molar-refractivity contribution in [3.8, 4) is 0 Å². The van der Waals surface area contributed by atoms with Crippen LogP contribution in [0.5, 0.6) is 0 Å². The lowest BCUT2D eigenvalue weighted by Crippen LogP contribution is -2.75. The molecular formula is C20H34N4O11. The number of nitrogens with zero attached hydrogens (tertiary/aromatic N) is 1. The van der Waals surface area contributed by atoms with Gasteiger partial charge in [0.05, 0.1) is 12.6 Å². The maximum Gasteiger partial charge on any atom is 0.329 e. The van der Waals surface area contributed by atoms with Crippen LogP contribution >= 0.6 is 0 Å². The number of aliphatic carboxylic acids is 2. The maximum atomic E-state index is 13.5. The molecule has 1 rings (SSSR count). The van der Waals surface area contributed by atoms with Crippen molar-refractivity contribution in [3.63, 3.8) is 0 Å². The number of carboxylic acid groups (broad SMARTS) is 2. The van der Waals surface area contributed by atoms with Crippen LogP contribution in [0.2, 0.25) is 0 Å². The Labute approximate surface area is 201 Å². The van der Waals surface area contributed by atoms with E-state index in [1.165, 1.54) is 20.9 Å². The normalized spacial score (nSPS) is 26.7. The van der Waals surface area contributed by atoms with E-state index in [0.717, 1.165) is 4.90 Å². The second kappa shape index (κ2) is 12.7. The van der Waals surface area contributed by atoms with E-state index in [4.69, 9.17) is 31.2 Å². The number of carbonyl (C=O) groups excluding carboxylic acids is 3. The number of likely N-dealkylation sites (N-methyl/N-ethyl adjacent to an activating group) is 1. The van der Waals surface area contributed by atoms with E-state index in [2.05, 4.69) is 5.32 Å². The summed E-state index contributed by atoms with van der Waals surface area (Å²) in [5.74, 6) is -5.15. The lowest BCUT2D eigenvalue weighted by Gasteiger charge is -2.51. The first kappa shape index (κ1) is 30.2. The summed E-state index contributed by atoms with van der Waals surface area (Å²) in [4.78, 5) is 60.9. The third-order valence-corrected chi connectivity index (χ3v) is 6.03. The van der Waals surface area contributed by atoms with Crippen molar-refractivity contribution in [1.82, 2.24) is 10.2 Å². The Hall–Kier alpha value is -2.85. The molecule has 0 aromatic carbocycles. The van der Waals surface area contributed by atoms with Crippen molar-refractivity contribution < 1.29 is 53.9 Å². The summed E-state index contributed by atoms with van der Waals surface area (Å²) < 4.78 is 10.9. The van der Waals surface area contributed by atoms with Gasteiger partial charge in [-0.2, -0.15) is 0 Å². The van der Waals surface area contributed by atoms with Crippen LogP contribution in [0.25, 0.3) is 0 Å². The van der Waals surface area contributed by atoms with Crippen LogP contribution in [0, 0.1) is 0 Å². The number of amides is 3. The van der Waals surface area contributed by atoms with Crippen LogP contribution in [-0.2, 0) is 33.4 Å². The number of carbonyl (C=O) groups is 5. The van der Waals surface area contributed by atoms with Gasteiger partial charge in [0.25, 0.3) is 0 Å². The zero-order valence-corrected chi connectivity index (χ0v) is 19.7. The molecule has 0 aromatic rings. The van der Waals surface area contributed by atoms with Crippen molar-refractivity contribution in [1.29, 1.82) is 0 Å². The average molecular weight is 507 g/mol. The summed E-state index contributed by atoms with van der Waals surface area (Å²) in [6.45, 7) is 1.17. The van der Waals surface area contributed by atoms with Crippen LogP contribution in [0.15, 0.2) is 0 Å². The van der Waals surface area contributed by atoms with E-state index >= 15 is 0 Å². The van der Waals surface area contributed by atoms with Crippen LogP contribution in [-0.4, -0.2) is 117 Å². The molecule has 15 nitrogen and oxygen atoms in total. The van der Waals surface area contributed by atoms with Crippen LogP contribution < -0.4 is 16.8 Å². The van der Waals surface area contributed by atoms with Crippen molar-refractivity contribution in [3.05, 3.63) is 0 Å². The molecule has 1 aliphatic rings. The van der Waals surface area contributed by atoms with Crippen molar-refractivity contribution in [2.45, 2.75) is 75.1 Å². The summed E-state index contributed by atoms with van der Waals surface area (Å²) in [6, 6.07) is -2.80. The van der Waals surface area contributed by atoms with Gasteiger partial charge < -0.3 is 51.6 Å². The fourth-order valence-electron chi connectivity index (χ4n) is 3.83. The first-order chi connectivity index (χ1) is 16.2. The molecule has 9 N–H and O–H groups in total. The van der Waals surface area contributed by atoms with Crippen molar-refractivity contribution in [2.75, 3.05) is 20.3 Å². The first-order valence-electron chi connectivity index (χ1n) is 10.8. The molecule has 35 heavy (non-hydrogen) atoms. The summed E-state index contributed by atoms with van der Waals surface area (Å²) in [7, 11) is 1.27. The zero-order chi connectivity index (χ0) is 27.1. The zero-order valence-electron chi connectivity index (χ0n) is 19.7. The molecule has 1 aliphatic heterocycles. The molecule has 200 valence electrons. The number of aliphatic hydroxyl groups is 2. The number of aliphatic hydroxyl groups excluding tert-OH is 2. The quantitative estimate of drug-likeness (QED) is 0.128. The molecular weight excluding hydrogens is 472 g/mol. The smallest absolute Gasteiger partial charge is 0.329 e. The highest BCUT2D eigenvalue weighted by molar-refractivity contribution is 5.95. The highest BCUT2D eigenvalue weighted by atomic mass is 16.6. The van der Waals surface area contributed by atoms with Gasteiger partial charge >= 0.3 is 11.9 Å². The standard InChI is InChI=1S/C20H34N4O11/c1-4-11(26)24(3)20(2,19(33)23-9(18(22)32)5-6-12(27)28)17-14(21)16(34-8-13(29)30)15(31)10(7-25)35-17/h9-10,14-17,25,31H,4-8,21H2,1-3H3,(H2,22,32)(H,23,33)(H,27,28)(H,29,30)/t9-,10+,14+,15+,16+,17?,20+/m0/s1. The molecule has 1 unspecified atom stereocenters. The minimum absolute atomic E-state index is 0.0510.